The van der Waals surface area contributed by atoms with Crippen LogP contribution in [0.5, 0.6) is 0 Å². The fraction of sp³-hybridized carbons (Fsp3) is 1.00. The van der Waals surface area contributed by atoms with E-state index in [1.165, 1.54) is 0 Å². The number of hydrogen-bond donors (Lipinski definition) is 1. The smallest absolute Gasteiger partial charge is 0.0462 e. The molecule has 0 unspecified atom stereocenters. The fourth-order valence-electron chi connectivity index (χ4n) is 0.694. The van der Waals surface area contributed by atoms with Crippen molar-refractivity contribution < 1.29 is 4.74 Å². The van der Waals surface area contributed by atoms with Gasteiger partial charge in [0, 0.05) is 19.8 Å². The van der Waals surface area contributed by atoms with E-state index in [4.69, 9.17) is 10.5 Å². The van der Waals surface area contributed by atoms with Crippen molar-refractivity contribution in [2.75, 3.05) is 13.7 Å². The van der Waals surface area contributed by atoms with E-state index in [2.05, 4.69) is 6.92 Å². The molecule has 1 atom stereocenters. The number of nitrogens with two attached hydrogens (primary N) is 1. The molecular weight excluding hydrogens is 114 g/mol. The Hall–Kier alpha value is -0.0800. The molecule has 2 nitrogen and oxygen atoms in total. The molecule has 0 aromatic heterocycles. The van der Waals surface area contributed by atoms with Crippen molar-refractivity contribution in [1.29, 1.82) is 0 Å². The highest BCUT2D eigenvalue weighted by atomic mass is 16.5. The molecule has 0 saturated heterocycles. The van der Waals surface area contributed by atoms with E-state index < -0.39 is 0 Å². The molecule has 2 heteroatoms. The highest BCUT2D eigenvalue weighted by molar-refractivity contribution is 4.56. The van der Waals surface area contributed by atoms with Crippen molar-refractivity contribution in [3.05, 3.63) is 0 Å². The largest absolute Gasteiger partial charge is 0.385 e. The summed E-state index contributed by atoms with van der Waals surface area (Å²) in [6.07, 6.45) is 3.25. The second kappa shape index (κ2) is 6.05. The van der Waals surface area contributed by atoms with Crippen molar-refractivity contribution in [2.45, 2.75) is 32.2 Å². The Labute approximate surface area is 57.4 Å². The first-order valence-electron chi connectivity index (χ1n) is 3.55. The lowest BCUT2D eigenvalue weighted by Gasteiger charge is -2.06. The molecule has 0 aromatic rings. The number of ether oxygens (including phenoxy) is 1. The molecule has 0 spiro atoms. The molecule has 9 heavy (non-hydrogen) atoms. The Balaban J connectivity index is 2.88. The first kappa shape index (κ1) is 8.92. The summed E-state index contributed by atoms with van der Waals surface area (Å²) in [6, 6.07) is 0.375. The molecule has 0 aliphatic rings. The summed E-state index contributed by atoms with van der Waals surface area (Å²) in [7, 11) is 1.72. The quantitative estimate of drug-likeness (QED) is 0.568. The average molecular weight is 131 g/mol. The van der Waals surface area contributed by atoms with Crippen molar-refractivity contribution in [3.63, 3.8) is 0 Å². The molecule has 0 bridgehead atoms. The topological polar surface area (TPSA) is 35.2 Å². The Morgan fingerprint density at radius 2 is 2.22 bits per heavy atom. The minimum atomic E-state index is 0.375. The summed E-state index contributed by atoms with van der Waals surface area (Å²) in [5.74, 6) is 0. The normalized spacial score (nSPS) is 13.7. The molecule has 0 aliphatic carbocycles. The maximum Gasteiger partial charge on any atom is 0.0462 e. The molecule has 0 heterocycles. The van der Waals surface area contributed by atoms with Gasteiger partial charge in [-0.3, -0.25) is 0 Å². The minimum Gasteiger partial charge on any atom is -0.385 e. The first-order valence-corrected chi connectivity index (χ1v) is 3.55. The van der Waals surface area contributed by atoms with Crippen LogP contribution < -0.4 is 5.73 Å². The van der Waals surface area contributed by atoms with E-state index in [1.54, 1.807) is 7.11 Å². The second-order valence-corrected chi connectivity index (χ2v) is 2.30. The van der Waals surface area contributed by atoms with Crippen molar-refractivity contribution >= 4 is 0 Å². The van der Waals surface area contributed by atoms with Crippen LogP contribution >= 0.6 is 0 Å². The van der Waals surface area contributed by atoms with Crippen molar-refractivity contribution in [3.8, 4) is 0 Å². The molecule has 0 aliphatic heterocycles. The zero-order chi connectivity index (χ0) is 7.11. The first-order chi connectivity index (χ1) is 4.31. The fourth-order valence-corrected chi connectivity index (χ4v) is 0.694. The lowest BCUT2D eigenvalue weighted by molar-refractivity contribution is 0.190. The van der Waals surface area contributed by atoms with E-state index in [1.807, 2.05) is 0 Å². The zero-order valence-electron chi connectivity index (χ0n) is 6.39. The summed E-state index contributed by atoms with van der Waals surface area (Å²) in [6.45, 7) is 2.95. The molecule has 0 radical (unpaired) electrons. The molecule has 0 rings (SSSR count). The third kappa shape index (κ3) is 5.80. The highest BCUT2D eigenvalue weighted by Crippen LogP contribution is 1.97. The van der Waals surface area contributed by atoms with Crippen LogP contribution in [0.3, 0.4) is 0 Å². The van der Waals surface area contributed by atoms with Gasteiger partial charge < -0.3 is 10.5 Å². The maximum absolute atomic E-state index is 5.66. The van der Waals surface area contributed by atoms with E-state index in [0.717, 1.165) is 25.9 Å². The Bertz CT molecular complexity index is 56.9. The molecule has 56 valence electrons. The number of rotatable bonds is 5. The van der Waals surface area contributed by atoms with Gasteiger partial charge in [0.05, 0.1) is 0 Å². The highest BCUT2D eigenvalue weighted by Gasteiger charge is 1.96. The Morgan fingerprint density at radius 3 is 2.67 bits per heavy atom. The van der Waals surface area contributed by atoms with Crippen LogP contribution in [0, 0.1) is 0 Å². The monoisotopic (exact) mass is 131 g/mol. The lowest BCUT2D eigenvalue weighted by Crippen LogP contribution is -2.18. The average Bonchev–Trinajstić information content (AvgIpc) is 1.89. The van der Waals surface area contributed by atoms with Gasteiger partial charge in [0.1, 0.15) is 0 Å². The summed E-state index contributed by atoms with van der Waals surface area (Å²) >= 11 is 0. The second-order valence-electron chi connectivity index (χ2n) is 2.30. The lowest BCUT2D eigenvalue weighted by atomic mass is 10.1. The van der Waals surface area contributed by atoms with Gasteiger partial charge in [-0.05, 0) is 19.3 Å². The molecule has 0 saturated carbocycles. The van der Waals surface area contributed by atoms with Crippen LogP contribution in [0.2, 0.25) is 0 Å². The predicted octanol–water partition coefficient (Wildman–Crippen LogP) is 1.15. The van der Waals surface area contributed by atoms with Crippen LogP contribution in [0.1, 0.15) is 26.2 Å². The molecule has 0 fully saturated rings. The van der Waals surface area contributed by atoms with Gasteiger partial charge in [-0.15, -0.1) is 0 Å². The van der Waals surface area contributed by atoms with Crippen LogP contribution in [0.4, 0.5) is 0 Å². The third-order valence-corrected chi connectivity index (χ3v) is 1.45. The zero-order valence-corrected chi connectivity index (χ0v) is 6.39. The third-order valence-electron chi connectivity index (χ3n) is 1.45. The Kier molecular flexibility index (Phi) is 5.99. The van der Waals surface area contributed by atoms with E-state index in [0.29, 0.717) is 6.04 Å². The van der Waals surface area contributed by atoms with Gasteiger partial charge in [0.25, 0.3) is 0 Å². The molecular formula is C7H17NO. The standard InChI is InChI=1S/C7H17NO/c1-3-7(8)5-4-6-9-2/h7H,3-6,8H2,1-2H3/t7-/m0/s1. The summed E-state index contributed by atoms with van der Waals surface area (Å²) in [5, 5.41) is 0. The van der Waals surface area contributed by atoms with E-state index in [9.17, 15) is 0 Å². The number of methoxy groups -OCH3 is 1. The molecule has 0 aromatic carbocycles. The van der Waals surface area contributed by atoms with Crippen molar-refractivity contribution in [1.82, 2.24) is 0 Å². The van der Waals surface area contributed by atoms with Gasteiger partial charge in [0.15, 0.2) is 0 Å². The molecule has 2 N–H and O–H groups in total. The van der Waals surface area contributed by atoms with Gasteiger partial charge in [-0.2, -0.15) is 0 Å². The SMILES string of the molecule is CC[C@H](N)CCCOC. The van der Waals surface area contributed by atoms with Crippen molar-refractivity contribution in [2.24, 2.45) is 5.73 Å². The van der Waals surface area contributed by atoms with Crippen LogP contribution in [-0.2, 0) is 4.74 Å². The van der Waals surface area contributed by atoms with Crippen LogP contribution in [0.15, 0.2) is 0 Å². The van der Waals surface area contributed by atoms with Gasteiger partial charge in [-0.25, -0.2) is 0 Å². The number of hydrogen-bond acceptors (Lipinski definition) is 2. The van der Waals surface area contributed by atoms with Gasteiger partial charge in [-0.1, -0.05) is 6.92 Å². The van der Waals surface area contributed by atoms with Crippen LogP contribution in [-0.4, -0.2) is 19.8 Å². The van der Waals surface area contributed by atoms with Crippen LogP contribution in [0.25, 0.3) is 0 Å². The summed E-state index contributed by atoms with van der Waals surface area (Å²) < 4.78 is 4.88. The summed E-state index contributed by atoms with van der Waals surface area (Å²) in [4.78, 5) is 0. The summed E-state index contributed by atoms with van der Waals surface area (Å²) in [5.41, 5.74) is 5.66. The minimum absolute atomic E-state index is 0.375. The Morgan fingerprint density at radius 1 is 1.56 bits per heavy atom. The molecule has 0 amide bonds. The van der Waals surface area contributed by atoms with Gasteiger partial charge >= 0.3 is 0 Å². The van der Waals surface area contributed by atoms with Gasteiger partial charge in [0.2, 0.25) is 0 Å². The maximum atomic E-state index is 5.66. The van der Waals surface area contributed by atoms with E-state index >= 15 is 0 Å². The predicted molar refractivity (Wildman–Crippen MR) is 39.4 cm³/mol. The van der Waals surface area contributed by atoms with E-state index in [-0.39, 0.29) is 0 Å².